The quantitative estimate of drug-likeness (QED) is 0.861. The highest BCUT2D eigenvalue weighted by Gasteiger charge is 2.51. The molecule has 1 saturated carbocycles. The summed E-state index contributed by atoms with van der Waals surface area (Å²) >= 11 is 0. The van der Waals surface area contributed by atoms with E-state index in [9.17, 15) is 14.4 Å². The number of methoxy groups -OCH3 is 1. The molecule has 6 heteroatoms. The summed E-state index contributed by atoms with van der Waals surface area (Å²) in [6, 6.07) is 8.46. The van der Waals surface area contributed by atoms with Gasteiger partial charge in [0.05, 0.1) is 18.0 Å². The third-order valence-corrected chi connectivity index (χ3v) is 4.45. The number of para-hydroxylation sites is 1. The largest absolute Gasteiger partial charge is 0.469 e. The van der Waals surface area contributed by atoms with Crippen LogP contribution in [-0.4, -0.2) is 30.1 Å². The molecule has 1 amide bonds. The molecule has 0 atom stereocenters. The highest BCUT2D eigenvalue weighted by molar-refractivity contribution is 5.96. The first-order valence-corrected chi connectivity index (χ1v) is 7.44. The third kappa shape index (κ3) is 2.60. The van der Waals surface area contributed by atoms with Gasteiger partial charge in [0, 0.05) is 25.0 Å². The van der Waals surface area contributed by atoms with Crippen LogP contribution in [0, 0.1) is 5.41 Å². The number of benzene rings is 1. The zero-order valence-electron chi connectivity index (χ0n) is 13.1. The molecule has 0 radical (unpaired) electrons. The van der Waals surface area contributed by atoms with Gasteiger partial charge in [-0.15, -0.1) is 0 Å². The lowest BCUT2D eigenvalue weighted by atomic mass is 10.1. The summed E-state index contributed by atoms with van der Waals surface area (Å²) in [5.74, 6) is -0.671. The number of carbonyl (C=O) groups excluding carboxylic acids is 2. The minimum Gasteiger partial charge on any atom is -0.469 e. The zero-order valence-corrected chi connectivity index (χ0v) is 13.1. The van der Waals surface area contributed by atoms with Crippen molar-refractivity contribution in [1.29, 1.82) is 0 Å². The first kappa shape index (κ1) is 15.3. The molecule has 0 unspecified atom stereocenters. The van der Waals surface area contributed by atoms with Gasteiger partial charge >= 0.3 is 5.97 Å². The van der Waals surface area contributed by atoms with Crippen LogP contribution in [-0.2, 0) is 16.6 Å². The number of nitrogens with zero attached hydrogens (tertiary/aromatic N) is 1. The van der Waals surface area contributed by atoms with E-state index in [1.165, 1.54) is 13.2 Å². The van der Waals surface area contributed by atoms with E-state index in [1.807, 2.05) is 6.07 Å². The molecule has 1 aromatic heterocycles. The maximum Gasteiger partial charge on any atom is 0.313 e. The van der Waals surface area contributed by atoms with Crippen LogP contribution < -0.4 is 10.7 Å². The summed E-state index contributed by atoms with van der Waals surface area (Å²) in [6.45, 7) is 0.222. The second-order valence-electron chi connectivity index (χ2n) is 5.92. The van der Waals surface area contributed by atoms with Gasteiger partial charge in [0.1, 0.15) is 5.69 Å². The first-order chi connectivity index (χ1) is 11.0. The number of fused-ring (bicyclic) bond motifs is 1. The van der Waals surface area contributed by atoms with E-state index in [-0.39, 0.29) is 29.5 Å². The normalized spacial score (nSPS) is 15.2. The van der Waals surface area contributed by atoms with E-state index in [0.717, 1.165) is 0 Å². The predicted molar refractivity (Wildman–Crippen MR) is 85.2 cm³/mol. The Morgan fingerprint density at radius 3 is 2.65 bits per heavy atom. The van der Waals surface area contributed by atoms with E-state index in [2.05, 4.69) is 5.32 Å². The molecule has 1 aromatic carbocycles. The molecule has 6 nitrogen and oxygen atoms in total. The topological polar surface area (TPSA) is 77.4 Å². The number of rotatable bonds is 4. The predicted octanol–water partition coefficient (Wildman–Crippen LogP) is 1.22. The zero-order chi connectivity index (χ0) is 16.6. The molecule has 3 rings (SSSR count). The molecule has 1 aliphatic rings. The Kier molecular flexibility index (Phi) is 3.67. The second-order valence-corrected chi connectivity index (χ2v) is 5.92. The third-order valence-electron chi connectivity index (χ3n) is 4.45. The van der Waals surface area contributed by atoms with Crippen LogP contribution in [0.15, 0.2) is 35.1 Å². The van der Waals surface area contributed by atoms with E-state index < -0.39 is 5.41 Å². The Bertz CT molecular complexity index is 849. The monoisotopic (exact) mass is 314 g/mol. The minimum atomic E-state index is -0.597. The Balaban J connectivity index is 1.86. The van der Waals surface area contributed by atoms with Gasteiger partial charge in [0.15, 0.2) is 5.43 Å². The van der Waals surface area contributed by atoms with Crippen LogP contribution in [0.4, 0.5) is 0 Å². The van der Waals surface area contributed by atoms with Gasteiger partial charge in [0.25, 0.3) is 5.91 Å². The number of aromatic nitrogens is 1. The van der Waals surface area contributed by atoms with Gasteiger partial charge in [-0.2, -0.15) is 0 Å². The van der Waals surface area contributed by atoms with Gasteiger partial charge in [-0.3, -0.25) is 14.4 Å². The number of aryl methyl sites for hydroxylation is 1. The van der Waals surface area contributed by atoms with Gasteiger partial charge < -0.3 is 14.6 Å². The number of nitrogens with one attached hydrogen (secondary N) is 1. The molecule has 0 bridgehead atoms. The minimum absolute atomic E-state index is 0.196. The standard InChI is InChI=1S/C17H18N2O4/c1-19-12-6-4-3-5-11(12)14(20)9-13(19)15(21)18-10-17(7-8-17)16(22)23-2/h3-6,9H,7-8,10H2,1-2H3,(H,18,21). The molecule has 0 aliphatic heterocycles. The first-order valence-electron chi connectivity index (χ1n) is 7.44. The number of hydrogen-bond donors (Lipinski definition) is 1. The molecule has 1 aliphatic carbocycles. The molecule has 120 valence electrons. The molecular formula is C17H18N2O4. The highest BCUT2D eigenvalue weighted by atomic mass is 16.5. The van der Waals surface area contributed by atoms with Crippen LogP contribution in [0.1, 0.15) is 23.3 Å². The Morgan fingerprint density at radius 2 is 2.00 bits per heavy atom. The van der Waals surface area contributed by atoms with Gasteiger partial charge in [-0.25, -0.2) is 0 Å². The van der Waals surface area contributed by atoms with Crippen LogP contribution in [0.5, 0.6) is 0 Å². The molecule has 23 heavy (non-hydrogen) atoms. The van der Waals surface area contributed by atoms with E-state index in [0.29, 0.717) is 23.7 Å². The van der Waals surface area contributed by atoms with Crippen molar-refractivity contribution < 1.29 is 14.3 Å². The molecule has 0 spiro atoms. The van der Waals surface area contributed by atoms with E-state index in [4.69, 9.17) is 4.74 Å². The summed E-state index contributed by atoms with van der Waals surface area (Å²) in [7, 11) is 3.08. The molecule has 1 fully saturated rings. The summed E-state index contributed by atoms with van der Waals surface area (Å²) in [4.78, 5) is 36.3. The van der Waals surface area contributed by atoms with Gasteiger partial charge in [0.2, 0.25) is 0 Å². The average Bonchev–Trinajstić information content (AvgIpc) is 3.36. The van der Waals surface area contributed by atoms with Crippen molar-refractivity contribution >= 4 is 22.8 Å². The summed E-state index contributed by atoms with van der Waals surface area (Å²) < 4.78 is 6.45. The lowest BCUT2D eigenvalue weighted by molar-refractivity contribution is -0.146. The highest BCUT2D eigenvalue weighted by Crippen LogP contribution is 2.46. The van der Waals surface area contributed by atoms with Crippen molar-refractivity contribution in [2.45, 2.75) is 12.8 Å². The molecular weight excluding hydrogens is 296 g/mol. The fourth-order valence-electron chi connectivity index (χ4n) is 2.78. The van der Waals surface area contributed by atoms with Crippen molar-refractivity contribution in [1.82, 2.24) is 9.88 Å². The van der Waals surface area contributed by atoms with Crippen molar-refractivity contribution in [2.75, 3.05) is 13.7 Å². The van der Waals surface area contributed by atoms with Crippen molar-refractivity contribution in [3.63, 3.8) is 0 Å². The SMILES string of the molecule is COC(=O)C1(CNC(=O)c2cc(=O)c3ccccc3n2C)CC1. The molecule has 1 heterocycles. The van der Waals surface area contributed by atoms with Gasteiger partial charge in [-0.05, 0) is 25.0 Å². The maximum atomic E-state index is 12.4. The number of hydrogen-bond acceptors (Lipinski definition) is 4. The van der Waals surface area contributed by atoms with E-state index in [1.54, 1.807) is 29.8 Å². The van der Waals surface area contributed by atoms with E-state index >= 15 is 0 Å². The van der Waals surface area contributed by atoms with Crippen LogP contribution in [0.3, 0.4) is 0 Å². The fraction of sp³-hybridized carbons (Fsp3) is 0.353. The lowest BCUT2D eigenvalue weighted by Crippen LogP contribution is -2.36. The van der Waals surface area contributed by atoms with Crippen LogP contribution >= 0.6 is 0 Å². The van der Waals surface area contributed by atoms with Crippen molar-refractivity contribution in [2.24, 2.45) is 12.5 Å². The van der Waals surface area contributed by atoms with Crippen LogP contribution in [0.2, 0.25) is 0 Å². The summed E-state index contributed by atoms with van der Waals surface area (Å²) in [6.07, 6.45) is 1.41. The Labute approximate surface area is 133 Å². The number of carbonyl (C=O) groups is 2. The van der Waals surface area contributed by atoms with Gasteiger partial charge in [-0.1, -0.05) is 12.1 Å². The average molecular weight is 314 g/mol. The molecule has 2 aromatic rings. The molecule has 0 saturated heterocycles. The smallest absolute Gasteiger partial charge is 0.313 e. The number of ether oxygens (including phenoxy) is 1. The van der Waals surface area contributed by atoms with Crippen LogP contribution in [0.25, 0.3) is 10.9 Å². The maximum absolute atomic E-state index is 12.4. The second kappa shape index (κ2) is 5.53. The fourth-order valence-corrected chi connectivity index (χ4v) is 2.78. The van der Waals surface area contributed by atoms with Crippen molar-refractivity contribution in [3.8, 4) is 0 Å². The Hall–Kier alpha value is -2.63. The molecule has 1 N–H and O–H groups in total. The summed E-state index contributed by atoms with van der Waals surface area (Å²) in [5.41, 5.74) is 0.173. The summed E-state index contributed by atoms with van der Waals surface area (Å²) in [5, 5.41) is 3.32. The number of amides is 1. The number of pyridine rings is 1. The van der Waals surface area contributed by atoms with Crippen molar-refractivity contribution in [3.05, 3.63) is 46.2 Å². The number of esters is 1. The lowest BCUT2D eigenvalue weighted by Gasteiger charge is -2.15. The Morgan fingerprint density at radius 1 is 1.30 bits per heavy atom.